The normalized spacial score (nSPS) is 12.2. The number of nitrogens with zero attached hydrogens (tertiary/aromatic N) is 2. The average Bonchev–Trinajstić information content (AvgIpc) is 3.41. The third kappa shape index (κ3) is 4.16. The third-order valence-electron chi connectivity index (χ3n) is 6.28. The molecule has 0 aliphatic heterocycles. The van der Waals surface area contributed by atoms with Crippen LogP contribution < -0.4 is 5.32 Å². The van der Waals surface area contributed by atoms with Crippen LogP contribution in [0, 0.1) is 6.92 Å². The first-order chi connectivity index (χ1) is 15.8. The van der Waals surface area contributed by atoms with Gasteiger partial charge in [-0.25, -0.2) is 4.98 Å². The molecule has 0 bridgehead atoms. The minimum absolute atomic E-state index is 0.0754. The molecule has 168 valence electrons. The lowest BCUT2D eigenvalue weighted by Gasteiger charge is -2.22. The Labute approximate surface area is 194 Å². The minimum atomic E-state index is 0.0754. The summed E-state index contributed by atoms with van der Waals surface area (Å²) in [6, 6.07) is 19.3. The molecule has 0 aliphatic rings. The third-order valence-corrected chi connectivity index (χ3v) is 6.28. The van der Waals surface area contributed by atoms with Gasteiger partial charge in [0, 0.05) is 17.5 Å². The van der Waals surface area contributed by atoms with Gasteiger partial charge < -0.3 is 10.3 Å². The van der Waals surface area contributed by atoms with Crippen LogP contribution in [-0.2, 0) is 13.0 Å². The van der Waals surface area contributed by atoms with E-state index in [1.165, 1.54) is 27.8 Å². The average molecular weight is 438 g/mol. The van der Waals surface area contributed by atoms with E-state index in [-0.39, 0.29) is 5.54 Å². The molecule has 5 nitrogen and oxygen atoms in total. The van der Waals surface area contributed by atoms with E-state index in [1.54, 1.807) is 0 Å². The number of benzene rings is 3. The Morgan fingerprint density at radius 1 is 0.970 bits per heavy atom. The van der Waals surface area contributed by atoms with Crippen LogP contribution >= 0.6 is 0 Å². The van der Waals surface area contributed by atoms with Crippen molar-refractivity contribution in [1.29, 1.82) is 0 Å². The fraction of sp³-hybridized carbons (Fsp3) is 0.286. The van der Waals surface area contributed by atoms with E-state index in [0.29, 0.717) is 0 Å². The van der Waals surface area contributed by atoms with Crippen LogP contribution in [0.15, 0.2) is 54.6 Å². The first-order valence-electron chi connectivity index (χ1n) is 11.6. The summed E-state index contributed by atoms with van der Waals surface area (Å²) in [5.41, 5.74) is 10.4. The van der Waals surface area contributed by atoms with Gasteiger partial charge in [-0.15, -0.1) is 0 Å². The molecule has 0 saturated carbocycles. The summed E-state index contributed by atoms with van der Waals surface area (Å²) >= 11 is 0. The van der Waals surface area contributed by atoms with E-state index in [2.05, 4.69) is 85.4 Å². The summed E-state index contributed by atoms with van der Waals surface area (Å²) in [5.74, 6) is 0.786. The zero-order valence-electron chi connectivity index (χ0n) is 20.0. The Bertz CT molecular complexity index is 1420. The first-order valence-corrected chi connectivity index (χ1v) is 11.6. The number of aryl methyl sites for hydroxylation is 1. The molecule has 5 rings (SSSR count). The number of hydrogen-bond acceptors (Lipinski definition) is 3. The van der Waals surface area contributed by atoms with Crippen LogP contribution in [0.4, 0.5) is 0 Å². The predicted molar refractivity (Wildman–Crippen MR) is 137 cm³/mol. The largest absolute Gasteiger partial charge is 0.337 e. The number of fused-ring (bicyclic) bond motifs is 2. The summed E-state index contributed by atoms with van der Waals surface area (Å²) in [5, 5.41) is 12.5. The molecule has 3 aromatic carbocycles. The molecule has 5 heteroatoms. The second-order valence-electron chi connectivity index (χ2n) is 9.82. The van der Waals surface area contributed by atoms with Crippen molar-refractivity contribution in [2.75, 3.05) is 0 Å². The van der Waals surface area contributed by atoms with Gasteiger partial charge in [0.15, 0.2) is 5.82 Å². The fourth-order valence-electron chi connectivity index (χ4n) is 4.32. The summed E-state index contributed by atoms with van der Waals surface area (Å²) in [4.78, 5) is 8.18. The van der Waals surface area contributed by atoms with Crippen LogP contribution in [0.2, 0.25) is 0 Å². The maximum absolute atomic E-state index is 4.77. The zero-order valence-corrected chi connectivity index (χ0v) is 20.0. The number of rotatable bonds is 5. The molecule has 0 spiro atoms. The van der Waals surface area contributed by atoms with Crippen LogP contribution in [0.25, 0.3) is 44.6 Å². The highest BCUT2D eigenvalue weighted by molar-refractivity contribution is 5.96. The van der Waals surface area contributed by atoms with Crippen LogP contribution in [0.5, 0.6) is 0 Å². The van der Waals surface area contributed by atoms with E-state index < -0.39 is 0 Å². The van der Waals surface area contributed by atoms with Crippen molar-refractivity contribution in [3.05, 3.63) is 71.3 Å². The van der Waals surface area contributed by atoms with Crippen molar-refractivity contribution in [2.24, 2.45) is 0 Å². The smallest absolute Gasteiger partial charge is 0.159 e. The van der Waals surface area contributed by atoms with Gasteiger partial charge in [-0.05, 0) is 86.2 Å². The van der Waals surface area contributed by atoms with Crippen molar-refractivity contribution in [2.45, 2.75) is 53.1 Å². The Hall–Kier alpha value is -3.44. The van der Waals surface area contributed by atoms with Gasteiger partial charge in [0.25, 0.3) is 0 Å². The Morgan fingerprint density at radius 3 is 2.55 bits per heavy atom. The first kappa shape index (κ1) is 21.4. The lowest BCUT2D eigenvalue weighted by Crippen LogP contribution is -2.35. The topological polar surface area (TPSA) is 69.4 Å². The highest BCUT2D eigenvalue weighted by Crippen LogP contribution is 2.33. The highest BCUT2D eigenvalue weighted by atomic mass is 15.1. The molecule has 0 fully saturated rings. The maximum Gasteiger partial charge on any atom is 0.159 e. The molecular formula is C28H31N5. The number of H-pyrrole nitrogens is 2. The molecule has 5 aromatic rings. The summed E-state index contributed by atoms with van der Waals surface area (Å²) in [6.45, 7) is 11.9. The molecule has 2 heterocycles. The van der Waals surface area contributed by atoms with Crippen molar-refractivity contribution in [3.63, 3.8) is 0 Å². The monoisotopic (exact) mass is 437 g/mol. The van der Waals surface area contributed by atoms with Gasteiger partial charge in [0.2, 0.25) is 0 Å². The van der Waals surface area contributed by atoms with E-state index in [1.807, 2.05) is 24.3 Å². The second-order valence-corrected chi connectivity index (χ2v) is 9.82. The number of imidazole rings is 1. The van der Waals surface area contributed by atoms with Crippen LogP contribution in [0.3, 0.4) is 0 Å². The van der Waals surface area contributed by atoms with E-state index >= 15 is 0 Å². The van der Waals surface area contributed by atoms with Crippen molar-refractivity contribution in [1.82, 2.24) is 25.5 Å². The van der Waals surface area contributed by atoms with Crippen molar-refractivity contribution < 1.29 is 0 Å². The molecule has 3 N–H and O–H groups in total. The van der Waals surface area contributed by atoms with Gasteiger partial charge in [0.05, 0.1) is 16.6 Å². The van der Waals surface area contributed by atoms with E-state index in [0.717, 1.165) is 46.4 Å². The van der Waals surface area contributed by atoms with Crippen LogP contribution in [0.1, 0.15) is 44.4 Å². The number of hydrogen-bond donors (Lipinski definition) is 3. The molecule has 0 unspecified atom stereocenters. The quantitative estimate of drug-likeness (QED) is 0.293. The predicted octanol–water partition coefficient (Wildman–Crippen LogP) is 6.53. The molecule has 0 aliphatic carbocycles. The number of nitrogens with one attached hydrogen (secondary N) is 3. The zero-order chi connectivity index (χ0) is 23.2. The van der Waals surface area contributed by atoms with Gasteiger partial charge in [-0.2, -0.15) is 5.10 Å². The van der Waals surface area contributed by atoms with E-state index in [4.69, 9.17) is 4.98 Å². The Kier molecular flexibility index (Phi) is 5.29. The molecule has 2 aromatic heterocycles. The molecule has 0 atom stereocenters. The number of aromatic nitrogens is 4. The molecule has 0 saturated heterocycles. The maximum atomic E-state index is 4.77. The molecular weight excluding hydrogens is 406 g/mol. The van der Waals surface area contributed by atoms with Gasteiger partial charge in [-0.3, -0.25) is 5.10 Å². The standard InChI is InChI=1S/C28H31N5/c1-6-18-13-20(16-29-28(3,4)5)17(2)21(14-18)19-11-12-23-22(15-19)26(33-32-23)27-30-24-9-7-8-10-25(24)31-27/h7-15,29H,6,16H2,1-5H3,(H,30,31)(H,32,33). The van der Waals surface area contributed by atoms with Crippen LogP contribution in [-0.4, -0.2) is 25.7 Å². The highest BCUT2D eigenvalue weighted by Gasteiger charge is 2.16. The number of para-hydroxylation sites is 2. The van der Waals surface area contributed by atoms with Crippen molar-refractivity contribution >= 4 is 21.9 Å². The SMILES string of the molecule is CCc1cc(CNC(C)(C)C)c(C)c(-c2ccc3[nH]nc(-c4nc5ccccc5[nH]4)c3c2)c1. The molecule has 33 heavy (non-hydrogen) atoms. The lowest BCUT2D eigenvalue weighted by atomic mass is 9.92. The molecule has 0 amide bonds. The van der Waals surface area contributed by atoms with Crippen molar-refractivity contribution in [3.8, 4) is 22.6 Å². The number of aromatic amines is 2. The second kappa shape index (κ2) is 8.16. The Morgan fingerprint density at radius 2 is 1.79 bits per heavy atom. The lowest BCUT2D eigenvalue weighted by molar-refractivity contribution is 0.424. The summed E-state index contributed by atoms with van der Waals surface area (Å²) < 4.78 is 0. The molecule has 0 radical (unpaired) electrons. The van der Waals surface area contributed by atoms with Gasteiger partial charge in [-0.1, -0.05) is 37.3 Å². The minimum Gasteiger partial charge on any atom is -0.337 e. The van der Waals surface area contributed by atoms with E-state index in [9.17, 15) is 0 Å². The van der Waals surface area contributed by atoms with Gasteiger partial charge >= 0.3 is 0 Å². The fourth-order valence-corrected chi connectivity index (χ4v) is 4.32. The Balaban J connectivity index is 1.61. The summed E-state index contributed by atoms with van der Waals surface area (Å²) in [7, 11) is 0. The van der Waals surface area contributed by atoms with Gasteiger partial charge in [0.1, 0.15) is 5.69 Å². The summed E-state index contributed by atoms with van der Waals surface area (Å²) in [6.07, 6.45) is 1.01.